The number of para-hydroxylation sites is 1. The van der Waals surface area contributed by atoms with E-state index in [1.54, 1.807) is 0 Å². The highest BCUT2D eigenvalue weighted by Crippen LogP contribution is 2.52. The van der Waals surface area contributed by atoms with Crippen LogP contribution in [-0.2, 0) is 4.79 Å². The van der Waals surface area contributed by atoms with E-state index in [1.807, 2.05) is 30.3 Å². The Labute approximate surface area is 235 Å². The van der Waals surface area contributed by atoms with E-state index in [0.29, 0.717) is 5.56 Å². The van der Waals surface area contributed by atoms with Crippen LogP contribution in [0.1, 0.15) is 65.7 Å². The fraction of sp³-hybridized carbons (Fsp3) is 0.314. The zero-order valence-electron chi connectivity index (χ0n) is 22.6. The largest absolute Gasteiger partial charge is 0.378 e. The number of rotatable bonds is 4. The molecule has 1 aliphatic carbocycles. The van der Waals surface area contributed by atoms with Crippen LogP contribution in [0, 0.1) is 11.8 Å². The molecular weight excluding hydrogens is 494 g/mol. The van der Waals surface area contributed by atoms with E-state index < -0.39 is 0 Å². The molecule has 5 nitrogen and oxygen atoms in total. The van der Waals surface area contributed by atoms with Crippen LogP contribution >= 0.6 is 0 Å². The summed E-state index contributed by atoms with van der Waals surface area (Å²) < 4.78 is 0. The molecule has 2 N–H and O–H groups in total. The van der Waals surface area contributed by atoms with Gasteiger partial charge in [-0.3, -0.25) is 9.59 Å². The summed E-state index contributed by atoms with van der Waals surface area (Å²) in [6.07, 6.45) is 4.66. The molecule has 5 heteroatoms. The molecule has 1 saturated heterocycles. The summed E-state index contributed by atoms with van der Waals surface area (Å²) in [5.41, 5.74) is 4.25. The third kappa shape index (κ3) is 4.34. The zero-order valence-corrected chi connectivity index (χ0v) is 22.6. The number of nitrogens with zero attached hydrogens (tertiary/aromatic N) is 1. The summed E-state index contributed by atoms with van der Waals surface area (Å²) in [5.74, 6) is 0.176. The molecule has 3 aliphatic rings. The van der Waals surface area contributed by atoms with Gasteiger partial charge in [-0.2, -0.15) is 0 Å². The molecule has 4 aromatic carbocycles. The number of hydrogen-bond acceptors (Lipinski definition) is 3. The second-order valence-electron chi connectivity index (χ2n) is 11.5. The lowest BCUT2D eigenvalue weighted by molar-refractivity contribution is -0.138. The summed E-state index contributed by atoms with van der Waals surface area (Å²) in [5, 5.41) is 9.61. The number of hydrogen-bond donors (Lipinski definition) is 2. The van der Waals surface area contributed by atoms with Crippen molar-refractivity contribution >= 4 is 28.3 Å². The number of anilines is 1. The minimum Gasteiger partial charge on any atom is -0.378 e. The van der Waals surface area contributed by atoms with Gasteiger partial charge in [-0.1, -0.05) is 91.7 Å². The van der Waals surface area contributed by atoms with Crippen LogP contribution in [0.5, 0.6) is 0 Å². The van der Waals surface area contributed by atoms with Gasteiger partial charge < -0.3 is 15.5 Å². The number of carbonyl (C=O) groups is 2. The van der Waals surface area contributed by atoms with E-state index >= 15 is 0 Å². The van der Waals surface area contributed by atoms with Crippen LogP contribution < -0.4 is 10.6 Å². The first-order chi connectivity index (χ1) is 19.7. The van der Waals surface area contributed by atoms with E-state index in [-0.39, 0.29) is 41.8 Å². The Bertz CT molecular complexity index is 1550. The summed E-state index contributed by atoms with van der Waals surface area (Å²) >= 11 is 0. The highest BCUT2D eigenvalue weighted by Gasteiger charge is 2.48. The number of nitrogens with one attached hydrogen (secondary N) is 2. The van der Waals surface area contributed by atoms with E-state index in [4.69, 9.17) is 0 Å². The molecule has 0 aromatic heterocycles. The number of amides is 2. The predicted octanol–water partition coefficient (Wildman–Crippen LogP) is 6.89. The maximum Gasteiger partial charge on any atom is 0.251 e. The number of likely N-dealkylation sites (tertiary alicyclic amines) is 1. The SMILES string of the molecule is O=C(N[C@@H]1CCCC[C@@H]1C(=O)N1CC[C@H]2[C@@H](c3cccc4ccccc34)Nc3ccccc3[C@H]21)c1ccccc1. The molecule has 202 valence electrons. The van der Waals surface area contributed by atoms with Crippen molar-refractivity contribution in [2.75, 3.05) is 11.9 Å². The Hall–Kier alpha value is -4.12. The monoisotopic (exact) mass is 529 g/mol. The summed E-state index contributed by atoms with van der Waals surface area (Å²) in [6.45, 7) is 0.737. The van der Waals surface area contributed by atoms with E-state index in [2.05, 4.69) is 82.3 Å². The first-order valence-electron chi connectivity index (χ1n) is 14.7. The number of fused-ring (bicyclic) bond motifs is 4. The minimum absolute atomic E-state index is 0.0151. The molecule has 4 aromatic rings. The fourth-order valence-corrected chi connectivity index (χ4v) is 7.46. The van der Waals surface area contributed by atoms with Crippen molar-refractivity contribution in [3.63, 3.8) is 0 Å². The maximum absolute atomic E-state index is 14.4. The molecule has 40 heavy (non-hydrogen) atoms. The molecule has 0 spiro atoms. The maximum atomic E-state index is 14.4. The van der Waals surface area contributed by atoms with Crippen LogP contribution in [-0.4, -0.2) is 29.3 Å². The molecule has 0 bridgehead atoms. The molecule has 2 fully saturated rings. The average Bonchev–Trinajstić information content (AvgIpc) is 3.46. The van der Waals surface area contributed by atoms with Crippen molar-refractivity contribution in [1.82, 2.24) is 10.2 Å². The molecule has 2 amide bonds. The highest BCUT2D eigenvalue weighted by atomic mass is 16.2. The predicted molar refractivity (Wildman–Crippen MR) is 159 cm³/mol. The lowest BCUT2D eigenvalue weighted by Crippen LogP contribution is -2.50. The van der Waals surface area contributed by atoms with E-state index in [0.717, 1.165) is 44.3 Å². The van der Waals surface area contributed by atoms with Crippen molar-refractivity contribution in [2.24, 2.45) is 11.8 Å². The standard InChI is InChI=1S/C35H35N3O2/c39-34(24-12-2-1-3-13-24)37-31-20-9-7-17-28(31)35(40)38-22-21-29-32(36-30-19-8-6-16-27(30)33(29)38)26-18-10-14-23-11-4-5-15-25(23)26/h1-6,8,10-16,18-19,28-29,31-33,36H,7,9,17,20-22H2,(H,37,39)/t28-,29-,31+,32+,33+/m0/s1. The van der Waals surface area contributed by atoms with Crippen LogP contribution in [0.3, 0.4) is 0 Å². The fourth-order valence-electron chi connectivity index (χ4n) is 7.46. The van der Waals surface area contributed by atoms with Gasteiger partial charge in [0, 0.05) is 29.8 Å². The van der Waals surface area contributed by atoms with Crippen LogP contribution in [0.4, 0.5) is 5.69 Å². The summed E-state index contributed by atoms with van der Waals surface area (Å²) in [4.78, 5) is 29.6. The van der Waals surface area contributed by atoms with Crippen molar-refractivity contribution in [3.8, 4) is 0 Å². The molecule has 0 radical (unpaired) electrons. The third-order valence-electron chi connectivity index (χ3n) is 9.34. The van der Waals surface area contributed by atoms with Gasteiger partial charge in [0.2, 0.25) is 5.91 Å². The first-order valence-corrected chi connectivity index (χ1v) is 14.7. The summed E-state index contributed by atoms with van der Waals surface area (Å²) in [6, 6.07) is 32.9. The van der Waals surface area contributed by atoms with Gasteiger partial charge in [-0.15, -0.1) is 0 Å². The van der Waals surface area contributed by atoms with Gasteiger partial charge in [0.05, 0.1) is 18.0 Å². The molecule has 7 rings (SSSR count). The average molecular weight is 530 g/mol. The molecule has 0 unspecified atom stereocenters. The topological polar surface area (TPSA) is 61.4 Å². The van der Waals surface area contributed by atoms with Crippen molar-refractivity contribution in [1.29, 1.82) is 0 Å². The van der Waals surface area contributed by atoms with Crippen LogP contribution in [0.25, 0.3) is 10.8 Å². The normalized spacial score (nSPS) is 25.5. The van der Waals surface area contributed by atoms with Crippen molar-refractivity contribution in [2.45, 2.75) is 50.2 Å². The Morgan fingerprint density at radius 1 is 0.750 bits per heavy atom. The smallest absolute Gasteiger partial charge is 0.251 e. The quantitative estimate of drug-likeness (QED) is 0.303. The van der Waals surface area contributed by atoms with E-state index in [1.165, 1.54) is 21.9 Å². The first kappa shape index (κ1) is 24.9. The highest BCUT2D eigenvalue weighted by molar-refractivity contribution is 5.95. The minimum atomic E-state index is -0.196. The van der Waals surface area contributed by atoms with Gasteiger partial charge >= 0.3 is 0 Å². The third-order valence-corrected chi connectivity index (χ3v) is 9.34. The number of benzene rings is 4. The van der Waals surface area contributed by atoms with Crippen LogP contribution in [0.2, 0.25) is 0 Å². The second kappa shape index (κ2) is 10.5. The summed E-state index contributed by atoms with van der Waals surface area (Å²) in [7, 11) is 0. The van der Waals surface area contributed by atoms with E-state index in [9.17, 15) is 9.59 Å². The Morgan fingerprint density at radius 3 is 2.38 bits per heavy atom. The molecule has 2 aliphatic heterocycles. The second-order valence-corrected chi connectivity index (χ2v) is 11.5. The van der Waals surface area contributed by atoms with Gasteiger partial charge in [0.1, 0.15) is 0 Å². The molecular formula is C35H35N3O2. The Kier molecular flexibility index (Phi) is 6.51. The van der Waals surface area contributed by atoms with Crippen molar-refractivity contribution in [3.05, 3.63) is 114 Å². The van der Waals surface area contributed by atoms with Crippen LogP contribution in [0.15, 0.2) is 97.1 Å². The van der Waals surface area contributed by atoms with Gasteiger partial charge in [-0.05, 0) is 59.4 Å². The molecule has 5 atom stereocenters. The van der Waals surface area contributed by atoms with Crippen molar-refractivity contribution < 1.29 is 9.59 Å². The lowest BCUT2D eigenvalue weighted by atomic mass is 9.78. The Morgan fingerprint density at radius 2 is 1.48 bits per heavy atom. The van der Waals surface area contributed by atoms with Gasteiger partial charge in [0.15, 0.2) is 0 Å². The molecule has 1 saturated carbocycles. The number of carbonyl (C=O) groups excluding carboxylic acids is 2. The Balaban J connectivity index is 1.21. The molecule has 2 heterocycles. The van der Waals surface area contributed by atoms with Gasteiger partial charge in [-0.25, -0.2) is 0 Å². The van der Waals surface area contributed by atoms with Gasteiger partial charge in [0.25, 0.3) is 5.91 Å². The lowest BCUT2D eigenvalue weighted by Gasteiger charge is -2.42. The zero-order chi connectivity index (χ0) is 27.1.